The molecule has 8 heteroatoms. The molecule has 3 N–H and O–H groups in total. The fourth-order valence-electron chi connectivity index (χ4n) is 3.60. The van der Waals surface area contributed by atoms with Crippen LogP contribution in [0.1, 0.15) is 50.1 Å². The second kappa shape index (κ2) is 6.93. The zero-order valence-corrected chi connectivity index (χ0v) is 14.9. The Hall–Kier alpha value is -2.64. The summed E-state index contributed by atoms with van der Waals surface area (Å²) in [4.78, 5) is 22.2. The van der Waals surface area contributed by atoms with Crippen molar-refractivity contribution in [3.63, 3.8) is 0 Å². The number of anilines is 3. The number of carbonyl (C=O) groups is 1. The number of hydrogen-bond acceptors (Lipinski definition) is 6. The van der Waals surface area contributed by atoms with Crippen molar-refractivity contribution in [1.29, 1.82) is 0 Å². The van der Waals surface area contributed by atoms with E-state index in [-0.39, 0.29) is 12.0 Å². The predicted molar refractivity (Wildman–Crippen MR) is 97.7 cm³/mol. The Morgan fingerprint density at radius 3 is 2.69 bits per heavy atom. The highest BCUT2D eigenvalue weighted by atomic mass is 16.4. The first-order valence-electron chi connectivity index (χ1n) is 9.21. The first-order valence-corrected chi connectivity index (χ1v) is 9.21. The number of aliphatic carboxylic acids is 1. The molecule has 0 bridgehead atoms. The number of carboxylic acids is 1. The molecule has 8 nitrogen and oxygen atoms in total. The number of carboxylic acid groups (broad SMARTS) is 1. The molecular formula is C18H24N6O2. The van der Waals surface area contributed by atoms with Crippen LogP contribution in [0.25, 0.3) is 0 Å². The molecule has 2 heterocycles. The summed E-state index contributed by atoms with van der Waals surface area (Å²) in [7, 11) is 1.98. The SMILES string of the molecule is CN(c1nccc(Nc2cc(C3CC3)[nH]n2)n1)C1CCC(C(=O)O)CC1. The molecule has 2 aliphatic rings. The van der Waals surface area contributed by atoms with E-state index in [1.807, 2.05) is 19.2 Å². The van der Waals surface area contributed by atoms with E-state index in [1.54, 1.807) is 6.20 Å². The lowest BCUT2D eigenvalue weighted by Gasteiger charge is -2.33. The van der Waals surface area contributed by atoms with Crippen LogP contribution in [0.4, 0.5) is 17.6 Å². The van der Waals surface area contributed by atoms with E-state index in [4.69, 9.17) is 5.11 Å². The number of rotatable bonds is 6. The van der Waals surface area contributed by atoms with Crippen LogP contribution >= 0.6 is 0 Å². The van der Waals surface area contributed by atoms with Gasteiger partial charge in [-0.05, 0) is 44.6 Å². The van der Waals surface area contributed by atoms with Crippen molar-refractivity contribution in [2.75, 3.05) is 17.3 Å². The molecule has 2 aromatic rings. The highest BCUT2D eigenvalue weighted by Crippen LogP contribution is 2.39. The highest BCUT2D eigenvalue weighted by molar-refractivity contribution is 5.70. The van der Waals surface area contributed by atoms with Crippen LogP contribution in [0.3, 0.4) is 0 Å². The van der Waals surface area contributed by atoms with Gasteiger partial charge in [0.1, 0.15) is 5.82 Å². The summed E-state index contributed by atoms with van der Waals surface area (Å²) in [5.74, 6) is 1.85. The Labute approximate surface area is 152 Å². The average Bonchev–Trinajstić information content (AvgIpc) is 3.41. The molecule has 0 spiro atoms. The van der Waals surface area contributed by atoms with Gasteiger partial charge < -0.3 is 15.3 Å². The molecule has 26 heavy (non-hydrogen) atoms. The van der Waals surface area contributed by atoms with Crippen LogP contribution in [0.2, 0.25) is 0 Å². The molecule has 2 saturated carbocycles. The normalized spacial score (nSPS) is 22.8. The lowest BCUT2D eigenvalue weighted by atomic mass is 9.85. The molecule has 2 aliphatic carbocycles. The maximum Gasteiger partial charge on any atom is 0.306 e. The Kier molecular flexibility index (Phi) is 4.48. The lowest BCUT2D eigenvalue weighted by Crippen LogP contribution is -2.37. The largest absolute Gasteiger partial charge is 0.481 e. The third-order valence-corrected chi connectivity index (χ3v) is 5.42. The summed E-state index contributed by atoms with van der Waals surface area (Å²) in [6, 6.07) is 4.13. The zero-order valence-electron chi connectivity index (χ0n) is 14.9. The second-order valence-electron chi connectivity index (χ2n) is 7.30. The minimum atomic E-state index is -0.682. The fraction of sp³-hybridized carbons (Fsp3) is 0.556. The minimum Gasteiger partial charge on any atom is -0.481 e. The van der Waals surface area contributed by atoms with Crippen molar-refractivity contribution in [3.8, 4) is 0 Å². The van der Waals surface area contributed by atoms with Gasteiger partial charge in [-0.3, -0.25) is 9.89 Å². The van der Waals surface area contributed by atoms with Gasteiger partial charge in [0, 0.05) is 37.0 Å². The first-order chi connectivity index (χ1) is 12.6. The fourth-order valence-corrected chi connectivity index (χ4v) is 3.60. The van der Waals surface area contributed by atoms with Gasteiger partial charge in [-0.25, -0.2) is 4.98 Å². The van der Waals surface area contributed by atoms with E-state index in [9.17, 15) is 4.79 Å². The summed E-state index contributed by atoms with van der Waals surface area (Å²) in [5.41, 5.74) is 1.18. The molecule has 0 atom stereocenters. The van der Waals surface area contributed by atoms with Crippen molar-refractivity contribution in [2.45, 2.75) is 50.5 Å². The van der Waals surface area contributed by atoms with Crippen LogP contribution in [0, 0.1) is 5.92 Å². The third kappa shape index (κ3) is 3.63. The van der Waals surface area contributed by atoms with E-state index in [1.165, 1.54) is 18.5 Å². The zero-order chi connectivity index (χ0) is 18.1. The average molecular weight is 356 g/mol. The van der Waals surface area contributed by atoms with Crippen LogP contribution in [-0.2, 0) is 4.79 Å². The molecule has 138 valence electrons. The van der Waals surface area contributed by atoms with Gasteiger partial charge >= 0.3 is 5.97 Å². The molecular weight excluding hydrogens is 332 g/mol. The number of hydrogen-bond donors (Lipinski definition) is 3. The van der Waals surface area contributed by atoms with E-state index >= 15 is 0 Å². The third-order valence-electron chi connectivity index (χ3n) is 5.42. The van der Waals surface area contributed by atoms with Gasteiger partial charge in [-0.15, -0.1) is 0 Å². The van der Waals surface area contributed by atoms with Gasteiger partial charge in [-0.1, -0.05) is 0 Å². The van der Waals surface area contributed by atoms with Gasteiger partial charge in [0.25, 0.3) is 0 Å². The van der Waals surface area contributed by atoms with Crippen molar-refractivity contribution >= 4 is 23.6 Å². The van der Waals surface area contributed by atoms with Crippen LogP contribution < -0.4 is 10.2 Å². The predicted octanol–water partition coefficient (Wildman–Crippen LogP) is 2.90. The van der Waals surface area contributed by atoms with E-state index in [0.717, 1.165) is 18.7 Å². The molecule has 0 aromatic carbocycles. The Morgan fingerprint density at radius 2 is 2.00 bits per heavy atom. The molecule has 0 aliphatic heterocycles. The molecule has 2 aromatic heterocycles. The number of H-pyrrole nitrogens is 1. The summed E-state index contributed by atoms with van der Waals surface area (Å²) in [5, 5.41) is 19.7. The molecule has 0 amide bonds. The van der Waals surface area contributed by atoms with Crippen molar-refractivity contribution in [2.24, 2.45) is 5.92 Å². The number of nitrogens with zero attached hydrogens (tertiary/aromatic N) is 4. The van der Waals surface area contributed by atoms with E-state index in [0.29, 0.717) is 30.5 Å². The highest BCUT2D eigenvalue weighted by Gasteiger charge is 2.29. The summed E-state index contributed by atoms with van der Waals surface area (Å²) >= 11 is 0. The molecule has 4 rings (SSSR count). The van der Waals surface area contributed by atoms with Gasteiger partial charge in [-0.2, -0.15) is 10.1 Å². The van der Waals surface area contributed by atoms with Crippen molar-refractivity contribution in [1.82, 2.24) is 20.2 Å². The standard InChI is InChI=1S/C18H24N6O2/c1-24(13-6-4-12(5-7-13)17(25)26)18-19-9-8-15(21-18)20-16-10-14(22-23-16)11-2-3-11/h8-13H,2-7H2,1H3,(H,25,26)(H2,19,20,21,22,23). The first kappa shape index (κ1) is 16.8. The van der Waals surface area contributed by atoms with Gasteiger partial charge in [0.05, 0.1) is 5.92 Å². The molecule has 2 fully saturated rings. The van der Waals surface area contributed by atoms with Gasteiger partial charge in [0.2, 0.25) is 5.95 Å². The Morgan fingerprint density at radius 1 is 1.23 bits per heavy atom. The number of aromatic amines is 1. The van der Waals surface area contributed by atoms with Crippen LogP contribution in [0.5, 0.6) is 0 Å². The number of aromatic nitrogens is 4. The summed E-state index contributed by atoms with van der Waals surface area (Å²) in [6.07, 6.45) is 7.30. The maximum absolute atomic E-state index is 11.1. The second-order valence-corrected chi connectivity index (χ2v) is 7.30. The van der Waals surface area contributed by atoms with Crippen molar-refractivity contribution < 1.29 is 9.90 Å². The topological polar surface area (TPSA) is 107 Å². The molecule has 0 unspecified atom stereocenters. The Bertz CT molecular complexity index is 779. The van der Waals surface area contributed by atoms with E-state index in [2.05, 4.69) is 30.4 Å². The smallest absolute Gasteiger partial charge is 0.306 e. The minimum absolute atomic E-state index is 0.214. The number of nitrogens with one attached hydrogen (secondary N) is 2. The van der Waals surface area contributed by atoms with Gasteiger partial charge in [0.15, 0.2) is 5.82 Å². The lowest BCUT2D eigenvalue weighted by molar-refractivity contribution is -0.142. The quantitative estimate of drug-likeness (QED) is 0.730. The Balaban J connectivity index is 1.40. The monoisotopic (exact) mass is 356 g/mol. The summed E-state index contributed by atoms with van der Waals surface area (Å²) in [6.45, 7) is 0. The van der Waals surface area contributed by atoms with E-state index < -0.39 is 5.97 Å². The van der Waals surface area contributed by atoms with Crippen molar-refractivity contribution in [3.05, 3.63) is 24.0 Å². The van der Waals surface area contributed by atoms with Crippen LogP contribution in [-0.4, -0.2) is 44.3 Å². The maximum atomic E-state index is 11.1. The van der Waals surface area contributed by atoms with Crippen LogP contribution in [0.15, 0.2) is 18.3 Å². The molecule has 0 radical (unpaired) electrons. The summed E-state index contributed by atoms with van der Waals surface area (Å²) < 4.78 is 0. The molecule has 0 saturated heterocycles.